The van der Waals surface area contributed by atoms with Crippen LogP contribution in [0.2, 0.25) is 0 Å². The molecule has 1 saturated heterocycles. The number of nitrogens with one attached hydrogen (secondary N) is 2. The highest BCUT2D eigenvalue weighted by Gasteiger charge is 2.28. The van der Waals surface area contributed by atoms with E-state index in [1.165, 1.54) is 22.5 Å². The lowest BCUT2D eigenvalue weighted by Gasteiger charge is -2.20. The van der Waals surface area contributed by atoms with Crippen LogP contribution in [0.1, 0.15) is 31.2 Å². The smallest absolute Gasteiger partial charge is 0.243 e. The molecule has 0 spiro atoms. The fourth-order valence-corrected chi connectivity index (χ4v) is 6.05. The molecule has 2 amide bonds. The third kappa shape index (κ3) is 6.19. The fraction of sp³-hybridized carbons (Fsp3) is 0.286. The van der Waals surface area contributed by atoms with Gasteiger partial charge in [0.05, 0.1) is 4.90 Å². The van der Waals surface area contributed by atoms with Crippen molar-refractivity contribution in [3.8, 4) is 0 Å². The number of rotatable bonds is 8. The Morgan fingerprint density at radius 1 is 0.972 bits per heavy atom. The highest BCUT2D eigenvalue weighted by Crippen LogP contribution is 2.23. The van der Waals surface area contributed by atoms with Crippen LogP contribution in [0.3, 0.4) is 0 Å². The molecule has 0 radical (unpaired) electrons. The number of benzene rings is 3. The number of fused-ring (bicyclic) bond motifs is 1. The van der Waals surface area contributed by atoms with Crippen molar-refractivity contribution in [1.82, 2.24) is 9.62 Å². The Balaban J connectivity index is 1.34. The van der Waals surface area contributed by atoms with E-state index >= 15 is 0 Å². The van der Waals surface area contributed by atoms with Crippen molar-refractivity contribution in [2.45, 2.75) is 43.0 Å². The summed E-state index contributed by atoms with van der Waals surface area (Å²) in [6.07, 6.45) is 4.09. The predicted octanol–water partition coefficient (Wildman–Crippen LogP) is 4.26. The first-order chi connectivity index (χ1) is 17.4. The zero-order chi connectivity index (χ0) is 25.5. The average molecular weight is 506 g/mol. The zero-order valence-electron chi connectivity index (χ0n) is 20.2. The second-order valence-electron chi connectivity index (χ2n) is 8.96. The molecule has 1 fully saturated rings. The average Bonchev–Trinajstić information content (AvgIpc) is 3.13. The van der Waals surface area contributed by atoms with Crippen molar-refractivity contribution in [2.75, 3.05) is 18.4 Å². The van der Waals surface area contributed by atoms with E-state index in [0.29, 0.717) is 44.5 Å². The van der Waals surface area contributed by atoms with Crippen LogP contribution in [0.25, 0.3) is 10.8 Å². The second-order valence-corrected chi connectivity index (χ2v) is 10.9. The third-order valence-electron chi connectivity index (χ3n) is 6.50. The molecule has 3 aromatic rings. The molecule has 7 nitrogen and oxygen atoms in total. The number of carbonyl (C=O) groups is 2. The molecule has 1 heterocycles. The predicted molar refractivity (Wildman–Crippen MR) is 142 cm³/mol. The van der Waals surface area contributed by atoms with Crippen molar-refractivity contribution >= 4 is 38.3 Å². The Morgan fingerprint density at radius 2 is 1.72 bits per heavy atom. The molecule has 1 atom stereocenters. The van der Waals surface area contributed by atoms with Gasteiger partial charge in [-0.2, -0.15) is 4.31 Å². The summed E-state index contributed by atoms with van der Waals surface area (Å²) in [7, 11) is -3.67. The van der Waals surface area contributed by atoms with E-state index in [1.807, 2.05) is 24.3 Å². The van der Waals surface area contributed by atoms with Gasteiger partial charge in [0.15, 0.2) is 0 Å². The molecule has 0 aliphatic carbocycles. The molecule has 0 saturated carbocycles. The van der Waals surface area contributed by atoms with Gasteiger partial charge in [0.25, 0.3) is 0 Å². The molecule has 0 bridgehead atoms. The SMILES string of the molecule is C=CC(=O)NC1CCCN(S(=O)(=O)c2ccc(NC(=O)CCc3cccc4ccccc34)cc2)CC1. The minimum atomic E-state index is -3.67. The van der Waals surface area contributed by atoms with Crippen LogP contribution in [0.4, 0.5) is 5.69 Å². The van der Waals surface area contributed by atoms with Gasteiger partial charge in [0.1, 0.15) is 0 Å². The number of sulfonamides is 1. The maximum atomic E-state index is 13.2. The molecule has 8 heteroatoms. The molecule has 36 heavy (non-hydrogen) atoms. The van der Waals surface area contributed by atoms with Crippen LogP contribution >= 0.6 is 0 Å². The summed E-state index contributed by atoms with van der Waals surface area (Å²) in [6, 6.07) is 20.4. The van der Waals surface area contributed by atoms with E-state index in [0.717, 1.165) is 22.8 Å². The molecular formula is C28H31N3O4S. The highest BCUT2D eigenvalue weighted by atomic mass is 32.2. The fourth-order valence-electron chi connectivity index (χ4n) is 4.56. The number of anilines is 1. The maximum absolute atomic E-state index is 13.2. The van der Waals surface area contributed by atoms with E-state index in [1.54, 1.807) is 12.1 Å². The van der Waals surface area contributed by atoms with Crippen molar-refractivity contribution in [3.05, 3.63) is 84.9 Å². The third-order valence-corrected chi connectivity index (χ3v) is 8.41. The number of nitrogens with zero attached hydrogens (tertiary/aromatic N) is 1. The molecule has 4 rings (SSSR count). The van der Waals surface area contributed by atoms with E-state index in [2.05, 4.69) is 35.4 Å². The summed E-state index contributed by atoms with van der Waals surface area (Å²) in [5, 5.41) is 8.01. The van der Waals surface area contributed by atoms with Crippen molar-refractivity contribution in [3.63, 3.8) is 0 Å². The van der Waals surface area contributed by atoms with Crippen LogP contribution in [0, 0.1) is 0 Å². The van der Waals surface area contributed by atoms with Crippen LogP contribution in [-0.2, 0) is 26.0 Å². The van der Waals surface area contributed by atoms with Gasteiger partial charge < -0.3 is 10.6 Å². The first-order valence-corrected chi connectivity index (χ1v) is 13.6. The number of hydrogen-bond acceptors (Lipinski definition) is 4. The van der Waals surface area contributed by atoms with E-state index in [-0.39, 0.29) is 22.8 Å². The summed E-state index contributed by atoms with van der Waals surface area (Å²) in [5.41, 5.74) is 1.67. The van der Waals surface area contributed by atoms with Crippen LogP contribution in [-0.4, -0.2) is 43.7 Å². The molecule has 3 aromatic carbocycles. The summed E-state index contributed by atoms with van der Waals surface area (Å²) in [4.78, 5) is 24.3. The molecule has 1 aliphatic rings. The van der Waals surface area contributed by atoms with E-state index < -0.39 is 10.0 Å². The van der Waals surface area contributed by atoms with Gasteiger partial charge >= 0.3 is 0 Å². The Bertz CT molecular complexity index is 1350. The monoisotopic (exact) mass is 505 g/mol. The molecule has 1 unspecified atom stereocenters. The standard InChI is InChI=1S/C28H31N3O4S/c1-2-27(32)29-23-10-6-19-31(20-18-23)36(34,35)25-15-13-24(14-16-25)30-28(33)17-12-22-9-5-8-21-7-3-4-11-26(21)22/h2-5,7-9,11,13-16,23H,1,6,10,12,17-20H2,(H,29,32)(H,30,33). The van der Waals surface area contributed by atoms with E-state index in [9.17, 15) is 18.0 Å². The quantitative estimate of drug-likeness (QED) is 0.447. The minimum Gasteiger partial charge on any atom is -0.350 e. The summed E-state index contributed by atoms with van der Waals surface area (Å²) < 4.78 is 27.8. The van der Waals surface area contributed by atoms with Gasteiger partial charge in [-0.3, -0.25) is 9.59 Å². The van der Waals surface area contributed by atoms with Crippen LogP contribution in [0.5, 0.6) is 0 Å². The van der Waals surface area contributed by atoms with Gasteiger partial charge in [-0.1, -0.05) is 49.0 Å². The number of aryl methyl sites for hydroxylation is 1. The van der Waals surface area contributed by atoms with Crippen molar-refractivity contribution in [2.24, 2.45) is 0 Å². The molecule has 1 aliphatic heterocycles. The lowest BCUT2D eigenvalue weighted by molar-refractivity contribution is -0.117. The summed E-state index contributed by atoms with van der Waals surface area (Å²) in [5.74, 6) is -0.371. The first-order valence-electron chi connectivity index (χ1n) is 12.2. The minimum absolute atomic E-state index is 0.0674. The Labute approximate surface area is 212 Å². The number of amides is 2. The molecule has 0 aromatic heterocycles. The van der Waals surface area contributed by atoms with Gasteiger partial charge in [-0.05, 0) is 72.4 Å². The van der Waals surface area contributed by atoms with E-state index in [4.69, 9.17) is 0 Å². The normalized spacial score (nSPS) is 16.7. The summed E-state index contributed by atoms with van der Waals surface area (Å²) >= 11 is 0. The Kier molecular flexibility index (Phi) is 8.18. The maximum Gasteiger partial charge on any atom is 0.243 e. The van der Waals surface area contributed by atoms with Gasteiger partial charge in [0, 0.05) is 31.2 Å². The van der Waals surface area contributed by atoms with Crippen LogP contribution < -0.4 is 10.6 Å². The molecular weight excluding hydrogens is 474 g/mol. The lowest BCUT2D eigenvalue weighted by Crippen LogP contribution is -2.36. The Morgan fingerprint density at radius 3 is 2.50 bits per heavy atom. The topological polar surface area (TPSA) is 95.6 Å². The summed E-state index contributed by atoms with van der Waals surface area (Å²) in [6.45, 7) is 4.19. The van der Waals surface area contributed by atoms with Crippen molar-refractivity contribution in [1.29, 1.82) is 0 Å². The Hall–Kier alpha value is -3.49. The van der Waals surface area contributed by atoms with Gasteiger partial charge in [-0.25, -0.2) is 8.42 Å². The first kappa shape index (κ1) is 25.6. The second kappa shape index (κ2) is 11.5. The molecule has 188 valence electrons. The van der Waals surface area contributed by atoms with Crippen molar-refractivity contribution < 1.29 is 18.0 Å². The van der Waals surface area contributed by atoms with Crippen LogP contribution in [0.15, 0.2) is 84.3 Å². The lowest BCUT2D eigenvalue weighted by atomic mass is 10.0. The van der Waals surface area contributed by atoms with Gasteiger partial charge in [-0.15, -0.1) is 0 Å². The number of hydrogen-bond donors (Lipinski definition) is 2. The van der Waals surface area contributed by atoms with Gasteiger partial charge in [0.2, 0.25) is 21.8 Å². The highest BCUT2D eigenvalue weighted by molar-refractivity contribution is 7.89. The molecule has 2 N–H and O–H groups in total. The largest absolute Gasteiger partial charge is 0.350 e. The number of carbonyl (C=O) groups excluding carboxylic acids is 2. The zero-order valence-corrected chi connectivity index (χ0v) is 21.0.